The molecule has 2 aromatic rings. The van der Waals surface area contributed by atoms with Crippen LogP contribution >= 0.6 is 11.3 Å². The fourth-order valence-electron chi connectivity index (χ4n) is 1.74. The molecule has 0 saturated carbocycles. The zero-order valence-electron chi connectivity index (χ0n) is 11.5. The molecule has 0 bridgehead atoms. The van der Waals surface area contributed by atoms with E-state index >= 15 is 0 Å². The predicted molar refractivity (Wildman–Crippen MR) is 74.9 cm³/mol. The van der Waals surface area contributed by atoms with Gasteiger partial charge in [0.25, 0.3) is 11.5 Å². The fraction of sp³-hybridized carbons (Fsp3) is 0.308. The normalized spacial score (nSPS) is 11.5. The summed E-state index contributed by atoms with van der Waals surface area (Å²) < 4.78 is 39.0. The number of hydrogen-bond acceptors (Lipinski definition) is 4. The van der Waals surface area contributed by atoms with E-state index in [4.69, 9.17) is 0 Å². The Balaban J connectivity index is 2.00. The summed E-state index contributed by atoms with van der Waals surface area (Å²) in [5.74, 6) is -0.630. The second-order valence-electron chi connectivity index (χ2n) is 4.42. The molecule has 1 N–H and O–H groups in total. The van der Waals surface area contributed by atoms with Crippen LogP contribution in [-0.4, -0.2) is 22.0 Å². The molecular weight excluding hydrogens is 319 g/mol. The van der Waals surface area contributed by atoms with E-state index in [9.17, 15) is 22.8 Å². The van der Waals surface area contributed by atoms with Crippen molar-refractivity contribution >= 4 is 17.2 Å². The van der Waals surface area contributed by atoms with Crippen LogP contribution in [0.5, 0.6) is 0 Å². The van der Waals surface area contributed by atoms with Crippen LogP contribution in [0.3, 0.4) is 0 Å². The molecular formula is C13H12F3N3O2S. The van der Waals surface area contributed by atoms with E-state index in [0.29, 0.717) is 11.3 Å². The first-order valence-corrected chi connectivity index (χ1v) is 7.09. The molecule has 0 aliphatic carbocycles. The van der Waals surface area contributed by atoms with Crippen LogP contribution in [0, 0.1) is 6.92 Å². The van der Waals surface area contributed by atoms with Crippen LogP contribution < -0.4 is 10.9 Å². The lowest BCUT2D eigenvalue weighted by atomic mass is 10.3. The van der Waals surface area contributed by atoms with Gasteiger partial charge in [0, 0.05) is 25.4 Å². The zero-order valence-corrected chi connectivity index (χ0v) is 12.3. The number of thiazole rings is 1. The minimum absolute atomic E-state index is 0.0340. The first-order valence-electron chi connectivity index (χ1n) is 6.27. The Morgan fingerprint density at radius 2 is 2.14 bits per heavy atom. The summed E-state index contributed by atoms with van der Waals surface area (Å²) in [4.78, 5) is 26.6. The molecule has 1 amide bonds. The first kappa shape index (κ1) is 16.2. The maximum absolute atomic E-state index is 12.5. The predicted octanol–water partition coefficient (Wildman–Crippen LogP) is 2.06. The summed E-state index contributed by atoms with van der Waals surface area (Å²) in [6.07, 6.45) is -3.00. The second kappa shape index (κ2) is 6.30. The summed E-state index contributed by atoms with van der Waals surface area (Å²) >= 11 is 0.307. The molecule has 2 aromatic heterocycles. The average molecular weight is 331 g/mol. The van der Waals surface area contributed by atoms with Gasteiger partial charge in [-0.15, -0.1) is 11.3 Å². The van der Waals surface area contributed by atoms with Crippen LogP contribution in [-0.2, 0) is 12.7 Å². The van der Waals surface area contributed by atoms with Crippen molar-refractivity contribution in [1.82, 2.24) is 14.9 Å². The Morgan fingerprint density at radius 3 is 2.73 bits per heavy atom. The average Bonchev–Trinajstić information content (AvgIpc) is 2.83. The number of hydrogen-bond donors (Lipinski definition) is 1. The van der Waals surface area contributed by atoms with Gasteiger partial charge in [-0.1, -0.05) is 6.07 Å². The van der Waals surface area contributed by atoms with Gasteiger partial charge in [0.2, 0.25) is 0 Å². The smallest absolute Gasteiger partial charge is 0.349 e. The molecule has 0 radical (unpaired) electrons. The highest BCUT2D eigenvalue weighted by Gasteiger charge is 2.36. The number of carbonyl (C=O) groups is 1. The SMILES string of the molecule is Cc1nc(C(F)(F)F)sc1C(=O)NCCn1ccccc1=O. The largest absolute Gasteiger partial charge is 0.443 e. The monoisotopic (exact) mass is 331 g/mol. The maximum Gasteiger partial charge on any atom is 0.443 e. The van der Waals surface area contributed by atoms with E-state index in [-0.39, 0.29) is 29.2 Å². The number of aryl methyl sites for hydroxylation is 1. The number of aromatic nitrogens is 2. The Kier molecular flexibility index (Phi) is 4.65. The van der Waals surface area contributed by atoms with Crippen LogP contribution in [0.1, 0.15) is 20.4 Å². The molecule has 118 valence electrons. The summed E-state index contributed by atoms with van der Waals surface area (Å²) in [5, 5.41) is 1.44. The van der Waals surface area contributed by atoms with Gasteiger partial charge >= 0.3 is 6.18 Å². The quantitative estimate of drug-likeness (QED) is 0.933. The fourth-order valence-corrected chi connectivity index (χ4v) is 2.59. The first-order chi connectivity index (χ1) is 10.3. The van der Waals surface area contributed by atoms with Crippen molar-refractivity contribution in [2.75, 3.05) is 6.54 Å². The third-order valence-corrected chi connectivity index (χ3v) is 3.98. The van der Waals surface area contributed by atoms with Gasteiger partial charge in [-0.3, -0.25) is 9.59 Å². The van der Waals surface area contributed by atoms with Gasteiger partial charge in [0.1, 0.15) is 4.88 Å². The Labute approximate surface area is 127 Å². The molecule has 2 heterocycles. The van der Waals surface area contributed by atoms with Crippen molar-refractivity contribution in [1.29, 1.82) is 0 Å². The molecule has 9 heteroatoms. The Hall–Kier alpha value is -2.16. The Bertz CT molecular complexity index is 737. The third-order valence-electron chi connectivity index (χ3n) is 2.78. The molecule has 0 spiro atoms. The minimum atomic E-state index is -4.56. The number of rotatable bonds is 4. The number of amides is 1. The van der Waals surface area contributed by atoms with Crippen molar-refractivity contribution in [2.45, 2.75) is 19.6 Å². The van der Waals surface area contributed by atoms with Crippen molar-refractivity contribution in [3.63, 3.8) is 0 Å². The zero-order chi connectivity index (χ0) is 16.3. The van der Waals surface area contributed by atoms with Gasteiger partial charge in [0.15, 0.2) is 5.01 Å². The van der Waals surface area contributed by atoms with Gasteiger partial charge in [-0.05, 0) is 13.0 Å². The van der Waals surface area contributed by atoms with E-state index < -0.39 is 17.1 Å². The molecule has 5 nitrogen and oxygen atoms in total. The number of pyridine rings is 1. The highest BCUT2D eigenvalue weighted by atomic mass is 32.1. The van der Waals surface area contributed by atoms with E-state index in [0.717, 1.165) is 0 Å². The lowest BCUT2D eigenvalue weighted by molar-refractivity contribution is -0.137. The van der Waals surface area contributed by atoms with E-state index in [1.165, 1.54) is 17.6 Å². The van der Waals surface area contributed by atoms with Gasteiger partial charge in [-0.25, -0.2) is 4.98 Å². The molecule has 2 rings (SSSR count). The van der Waals surface area contributed by atoms with Gasteiger partial charge in [0.05, 0.1) is 5.69 Å². The molecule has 0 aliphatic heterocycles. The summed E-state index contributed by atoms with van der Waals surface area (Å²) in [7, 11) is 0. The van der Waals surface area contributed by atoms with Crippen LogP contribution in [0.25, 0.3) is 0 Å². The number of nitrogens with zero attached hydrogens (tertiary/aromatic N) is 2. The lowest BCUT2D eigenvalue weighted by Gasteiger charge is -2.06. The number of halogens is 3. The lowest BCUT2D eigenvalue weighted by Crippen LogP contribution is -2.30. The topological polar surface area (TPSA) is 64.0 Å². The number of nitrogens with one attached hydrogen (secondary N) is 1. The van der Waals surface area contributed by atoms with Crippen molar-refractivity contribution in [3.8, 4) is 0 Å². The second-order valence-corrected chi connectivity index (χ2v) is 5.42. The standard InChI is InChI=1S/C13H12F3N3O2S/c1-8-10(22-12(18-8)13(14,15)16)11(21)17-5-7-19-6-3-2-4-9(19)20/h2-4,6H,5,7H2,1H3,(H,17,21). The maximum atomic E-state index is 12.5. The minimum Gasteiger partial charge on any atom is -0.349 e. The highest BCUT2D eigenvalue weighted by molar-refractivity contribution is 7.13. The van der Waals surface area contributed by atoms with Crippen molar-refractivity contribution in [3.05, 3.63) is 50.3 Å². The highest BCUT2D eigenvalue weighted by Crippen LogP contribution is 2.33. The summed E-state index contributed by atoms with van der Waals surface area (Å²) in [5.41, 5.74) is -0.184. The molecule has 0 saturated heterocycles. The summed E-state index contributed by atoms with van der Waals surface area (Å²) in [6, 6.07) is 4.65. The summed E-state index contributed by atoms with van der Waals surface area (Å²) in [6.45, 7) is 1.71. The van der Waals surface area contributed by atoms with Crippen LogP contribution in [0.15, 0.2) is 29.2 Å². The van der Waals surface area contributed by atoms with E-state index in [1.807, 2.05) is 0 Å². The third kappa shape index (κ3) is 3.73. The van der Waals surface area contributed by atoms with E-state index in [1.54, 1.807) is 18.3 Å². The number of alkyl halides is 3. The molecule has 0 fully saturated rings. The molecule has 0 atom stereocenters. The number of carbonyl (C=O) groups excluding carboxylic acids is 1. The molecule has 0 aliphatic rings. The van der Waals surface area contributed by atoms with Crippen molar-refractivity contribution < 1.29 is 18.0 Å². The van der Waals surface area contributed by atoms with E-state index in [2.05, 4.69) is 10.3 Å². The van der Waals surface area contributed by atoms with Crippen molar-refractivity contribution in [2.24, 2.45) is 0 Å². The van der Waals surface area contributed by atoms with Gasteiger partial charge < -0.3 is 9.88 Å². The van der Waals surface area contributed by atoms with Crippen LogP contribution in [0.4, 0.5) is 13.2 Å². The van der Waals surface area contributed by atoms with Crippen LogP contribution in [0.2, 0.25) is 0 Å². The van der Waals surface area contributed by atoms with Gasteiger partial charge in [-0.2, -0.15) is 13.2 Å². The Morgan fingerprint density at radius 1 is 1.41 bits per heavy atom. The molecule has 22 heavy (non-hydrogen) atoms. The molecule has 0 unspecified atom stereocenters. The molecule has 0 aromatic carbocycles.